The van der Waals surface area contributed by atoms with Crippen molar-refractivity contribution in [3.8, 4) is 11.5 Å². The summed E-state index contributed by atoms with van der Waals surface area (Å²) in [5, 5.41) is 4.96. The zero-order chi connectivity index (χ0) is 24.4. The number of halogens is 2. The molecule has 1 aliphatic heterocycles. The highest BCUT2D eigenvalue weighted by Gasteiger charge is 2.21. The van der Waals surface area contributed by atoms with Gasteiger partial charge in [-0.05, 0) is 31.2 Å². The molecule has 9 heteroatoms. The number of rotatable bonds is 7. The number of fused-ring (bicyclic) bond motifs is 1. The minimum absolute atomic E-state index is 0.148. The number of anilines is 2. The molecule has 4 aromatic rings. The summed E-state index contributed by atoms with van der Waals surface area (Å²) in [5.41, 5.74) is 4.08. The maximum Gasteiger partial charge on any atom is 0.163 e. The molecule has 0 saturated heterocycles. The van der Waals surface area contributed by atoms with E-state index in [-0.39, 0.29) is 12.8 Å². The molecule has 3 aromatic carbocycles. The van der Waals surface area contributed by atoms with E-state index in [0.717, 1.165) is 28.1 Å². The highest BCUT2D eigenvalue weighted by molar-refractivity contribution is 6.49. The van der Waals surface area contributed by atoms with Crippen molar-refractivity contribution in [3.05, 3.63) is 82.6 Å². The fourth-order valence-electron chi connectivity index (χ4n) is 3.81. The van der Waals surface area contributed by atoms with Crippen molar-refractivity contribution in [1.29, 1.82) is 0 Å². The maximum atomic E-state index is 6.16. The Morgan fingerprint density at radius 3 is 2.51 bits per heavy atom. The second-order valence-corrected chi connectivity index (χ2v) is 8.65. The van der Waals surface area contributed by atoms with Crippen LogP contribution < -0.4 is 14.8 Å². The zero-order valence-corrected chi connectivity index (χ0v) is 20.5. The van der Waals surface area contributed by atoms with Crippen LogP contribution in [-0.4, -0.2) is 41.3 Å². The van der Waals surface area contributed by atoms with E-state index in [9.17, 15) is 0 Å². The lowest BCUT2D eigenvalue weighted by Gasteiger charge is -2.14. The lowest BCUT2D eigenvalue weighted by molar-refractivity contribution is 0.336. The number of hydrogen-bond donors (Lipinski definition) is 1. The second-order valence-electron chi connectivity index (χ2n) is 7.84. The molecular weight excluding hydrogens is 485 g/mol. The Labute approximate surface area is 212 Å². The fourth-order valence-corrected chi connectivity index (χ4v) is 4.11. The van der Waals surface area contributed by atoms with Crippen molar-refractivity contribution < 1.29 is 9.47 Å². The van der Waals surface area contributed by atoms with Gasteiger partial charge in [-0.2, -0.15) is 0 Å². The molecule has 1 N–H and O–H groups in total. The molecule has 7 nitrogen and oxygen atoms in total. The smallest absolute Gasteiger partial charge is 0.163 e. The van der Waals surface area contributed by atoms with Gasteiger partial charge in [0, 0.05) is 22.7 Å². The molecule has 5 rings (SSSR count). The minimum atomic E-state index is -0.148. The number of hydrogen-bond acceptors (Lipinski definition) is 7. The SMILES string of the molecule is COc1cc2c(Nc3ccc(Cl)c(Cl)c3)ncnc2cc1OCC1=NC(C)N=C1c1ccccc1. The normalized spacial score (nSPS) is 15.0. The van der Waals surface area contributed by atoms with E-state index in [1.165, 1.54) is 6.33 Å². The summed E-state index contributed by atoms with van der Waals surface area (Å²) in [6, 6.07) is 18.9. The van der Waals surface area contributed by atoms with Crippen molar-refractivity contribution in [1.82, 2.24) is 9.97 Å². The predicted molar refractivity (Wildman–Crippen MR) is 141 cm³/mol. The van der Waals surface area contributed by atoms with Crippen molar-refractivity contribution >= 4 is 57.0 Å². The fraction of sp³-hybridized carbons (Fsp3) is 0.154. The molecule has 1 aromatic heterocycles. The van der Waals surface area contributed by atoms with Crippen LogP contribution in [0.3, 0.4) is 0 Å². The second kappa shape index (κ2) is 9.90. The first-order chi connectivity index (χ1) is 17.0. The van der Waals surface area contributed by atoms with Gasteiger partial charge < -0.3 is 14.8 Å². The first-order valence-corrected chi connectivity index (χ1v) is 11.7. The Kier molecular flexibility index (Phi) is 6.53. The van der Waals surface area contributed by atoms with Gasteiger partial charge >= 0.3 is 0 Å². The van der Waals surface area contributed by atoms with Crippen molar-refractivity contribution in [2.24, 2.45) is 9.98 Å². The lowest BCUT2D eigenvalue weighted by atomic mass is 10.1. The molecule has 176 valence electrons. The molecule has 0 fully saturated rings. The Hall–Kier alpha value is -3.68. The Morgan fingerprint density at radius 2 is 1.74 bits per heavy atom. The molecule has 1 aliphatic rings. The summed E-state index contributed by atoms with van der Waals surface area (Å²) in [5.74, 6) is 1.70. The van der Waals surface area contributed by atoms with Crippen LogP contribution in [0.25, 0.3) is 10.9 Å². The number of methoxy groups -OCH3 is 1. The summed E-state index contributed by atoms with van der Waals surface area (Å²) in [6.45, 7) is 2.20. The summed E-state index contributed by atoms with van der Waals surface area (Å²) < 4.78 is 11.8. The lowest BCUT2D eigenvalue weighted by Crippen LogP contribution is -2.20. The summed E-state index contributed by atoms with van der Waals surface area (Å²) in [6.07, 6.45) is 1.34. The van der Waals surface area contributed by atoms with Crippen LogP contribution in [0, 0.1) is 0 Å². The highest BCUT2D eigenvalue weighted by Crippen LogP contribution is 2.35. The topological polar surface area (TPSA) is 81.0 Å². The van der Waals surface area contributed by atoms with Crippen LogP contribution in [0.1, 0.15) is 12.5 Å². The average Bonchev–Trinajstić information content (AvgIpc) is 3.25. The number of benzene rings is 3. The van der Waals surface area contributed by atoms with E-state index in [0.29, 0.717) is 32.9 Å². The molecule has 0 radical (unpaired) electrons. The van der Waals surface area contributed by atoms with Crippen LogP contribution in [0.2, 0.25) is 10.0 Å². The molecule has 0 aliphatic carbocycles. The van der Waals surface area contributed by atoms with Crippen LogP contribution in [0.15, 0.2) is 77.0 Å². The molecule has 0 saturated carbocycles. The predicted octanol–water partition coefficient (Wildman–Crippen LogP) is 6.36. The molecule has 0 spiro atoms. The quantitative estimate of drug-likeness (QED) is 0.316. The first-order valence-electron chi connectivity index (χ1n) is 10.9. The maximum absolute atomic E-state index is 6.16. The molecule has 1 unspecified atom stereocenters. The molecular formula is C26H21Cl2N5O2. The van der Waals surface area contributed by atoms with Gasteiger partial charge in [0.25, 0.3) is 0 Å². The molecule has 0 bridgehead atoms. The number of ether oxygens (including phenoxy) is 2. The van der Waals surface area contributed by atoms with Gasteiger partial charge in [-0.3, -0.25) is 9.98 Å². The summed E-state index contributed by atoms with van der Waals surface area (Å²) in [7, 11) is 1.59. The monoisotopic (exact) mass is 505 g/mol. The van der Waals surface area contributed by atoms with Gasteiger partial charge in [-0.15, -0.1) is 0 Å². The third-order valence-corrected chi connectivity index (χ3v) is 6.19. The Bertz CT molecular complexity index is 1460. The number of nitrogens with zero attached hydrogens (tertiary/aromatic N) is 4. The van der Waals surface area contributed by atoms with Crippen LogP contribution >= 0.6 is 23.2 Å². The molecule has 2 heterocycles. The van der Waals surface area contributed by atoms with Gasteiger partial charge in [0.15, 0.2) is 11.5 Å². The zero-order valence-electron chi connectivity index (χ0n) is 19.0. The molecule has 0 amide bonds. The largest absolute Gasteiger partial charge is 0.493 e. The van der Waals surface area contributed by atoms with Crippen molar-refractivity contribution in [2.75, 3.05) is 19.0 Å². The molecule has 1 atom stereocenters. The average molecular weight is 506 g/mol. The highest BCUT2D eigenvalue weighted by atomic mass is 35.5. The van der Waals surface area contributed by atoms with E-state index < -0.39 is 0 Å². The van der Waals surface area contributed by atoms with Crippen molar-refractivity contribution in [2.45, 2.75) is 13.1 Å². The number of aromatic nitrogens is 2. The number of nitrogens with one attached hydrogen (secondary N) is 1. The van der Waals surface area contributed by atoms with Crippen LogP contribution in [-0.2, 0) is 0 Å². The Morgan fingerprint density at radius 1 is 0.914 bits per heavy atom. The third-order valence-electron chi connectivity index (χ3n) is 5.45. The Balaban J connectivity index is 1.42. The summed E-state index contributed by atoms with van der Waals surface area (Å²) in [4.78, 5) is 18.1. The van der Waals surface area contributed by atoms with E-state index in [2.05, 4.69) is 25.3 Å². The summed E-state index contributed by atoms with van der Waals surface area (Å²) >= 11 is 12.2. The van der Waals surface area contributed by atoms with E-state index in [4.69, 9.17) is 32.7 Å². The minimum Gasteiger partial charge on any atom is -0.493 e. The van der Waals surface area contributed by atoms with Gasteiger partial charge in [0.05, 0.1) is 28.4 Å². The third kappa shape index (κ3) is 4.92. The number of aliphatic imine (C=N–C) groups is 2. The standard InChI is InChI=1S/C26H21Cl2N5O2/c1-15-31-22(25(32-15)16-6-4-3-5-7-16)13-35-24-12-21-18(11-23(24)34-2)26(30-14-29-21)33-17-8-9-19(27)20(28)10-17/h3-12,14-15H,13H2,1-2H3,(H,29,30,33). The molecule has 35 heavy (non-hydrogen) atoms. The van der Waals surface area contributed by atoms with Gasteiger partial charge in [-0.1, -0.05) is 53.5 Å². The van der Waals surface area contributed by atoms with Crippen molar-refractivity contribution in [3.63, 3.8) is 0 Å². The van der Waals surface area contributed by atoms with Crippen LogP contribution in [0.5, 0.6) is 11.5 Å². The van der Waals surface area contributed by atoms with E-state index >= 15 is 0 Å². The van der Waals surface area contributed by atoms with Gasteiger partial charge in [0.2, 0.25) is 0 Å². The van der Waals surface area contributed by atoms with E-state index in [1.807, 2.05) is 55.5 Å². The van der Waals surface area contributed by atoms with Crippen LogP contribution in [0.4, 0.5) is 11.5 Å². The van der Waals surface area contributed by atoms with Gasteiger partial charge in [-0.25, -0.2) is 9.97 Å². The van der Waals surface area contributed by atoms with Gasteiger partial charge in [0.1, 0.15) is 30.6 Å². The van der Waals surface area contributed by atoms with E-state index in [1.54, 1.807) is 19.2 Å². The first kappa shape index (κ1) is 23.1.